The Labute approximate surface area is 144 Å². The second-order valence-electron chi connectivity index (χ2n) is 4.75. The number of halogens is 1. The molecular formula is C15H17BrN2O4S. The SMILES string of the molecule is COc1ccc(CN(C)S(=O)(=O)c2cc(Br)ccn2)c(OC)c1. The highest BCUT2D eigenvalue weighted by atomic mass is 79.9. The molecule has 0 unspecified atom stereocenters. The van der Waals surface area contributed by atoms with Crippen LogP contribution >= 0.6 is 15.9 Å². The van der Waals surface area contributed by atoms with Gasteiger partial charge in [0.2, 0.25) is 0 Å². The van der Waals surface area contributed by atoms with Gasteiger partial charge in [0.15, 0.2) is 5.03 Å². The molecule has 8 heteroatoms. The first-order chi connectivity index (χ1) is 10.9. The lowest BCUT2D eigenvalue weighted by molar-refractivity contribution is 0.384. The maximum atomic E-state index is 12.6. The molecule has 0 amide bonds. The van der Waals surface area contributed by atoms with Crippen LogP contribution in [0.5, 0.6) is 11.5 Å². The quantitative estimate of drug-likeness (QED) is 0.745. The number of rotatable bonds is 6. The summed E-state index contributed by atoms with van der Waals surface area (Å²) in [5, 5.41) is -0.0122. The molecular weight excluding hydrogens is 384 g/mol. The Kier molecular flexibility index (Phi) is 5.61. The molecule has 23 heavy (non-hydrogen) atoms. The number of hydrogen-bond donors (Lipinski definition) is 0. The highest BCUT2D eigenvalue weighted by Crippen LogP contribution is 2.27. The fraction of sp³-hybridized carbons (Fsp3) is 0.267. The van der Waals surface area contributed by atoms with E-state index in [0.29, 0.717) is 16.0 Å². The van der Waals surface area contributed by atoms with E-state index in [1.54, 1.807) is 31.4 Å². The van der Waals surface area contributed by atoms with E-state index in [9.17, 15) is 8.42 Å². The summed E-state index contributed by atoms with van der Waals surface area (Å²) in [6.07, 6.45) is 1.44. The molecule has 0 atom stereocenters. The van der Waals surface area contributed by atoms with E-state index in [-0.39, 0.29) is 11.6 Å². The second-order valence-corrected chi connectivity index (χ2v) is 7.66. The minimum atomic E-state index is -3.69. The van der Waals surface area contributed by atoms with Crippen LogP contribution in [0.1, 0.15) is 5.56 Å². The number of sulfonamides is 1. The summed E-state index contributed by atoms with van der Waals surface area (Å²) in [6.45, 7) is 0.156. The van der Waals surface area contributed by atoms with Crippen LogP contribution in [0, 0.1) is 0 Å². The molecule has 0 saturated carbocycles. The van der Waals surface area contributed by atoms with Gasteiger partial charge in [-0.3, -0.25) is 0 Å². The summed E-state index contributed by atoms with van der Waals surface area (Å²) in [5.74, 6) is 1.21. The van der Waals surface area contributed by atoms with Crippen molar-refractivity contribution in [3.05, 3.63) is 46.6 Å². The van der Waals surface area contributed by atoms with Crippen molar-refractivity contribution in [2.24, 2.45) is 0 Å². The lowest BCUT2D eigenvalue weighted by Gasteiger charge is -2.18. The van der Waals surface area contributed by atoms with Gasteiger partial charge < -0.3 is 9.47 Å². The topological polar surface area (TPSA) is 68.7 Å². The van der Waals surface area contributed by atoms with E-state index in [2.05, 4.69) is 20.9 Å². The Morgan fingerprint density at radius 3 is 2.52 bits per heavy atom. The third kappa shape index (κ3) is 4.01. The Morgan fingerprint density at radius 2 is 1.91 bits per heavy atom. The lowest BCUT2D eigenvalue weighted by atomic mass is 10.2. The van der Waals surface area contributed by atoms with Crippen LogP contribution in [-0.4, -0.2) is 39.0 Å². The minimum Gasteiger partial charge on any atom is -0.497 e. The molecule has 1 aromatic carbocycles. The zero-order valence-electron chi connectivity index (χ0n) is 13.0. The first kappa shape index (κ1) is 17.7. The van der Waals surface area contributed by atoms with Crippen LogP contribution in [0.15, 0.2) is 46.0 Å². The zero-order chi connectivity index (χ0) is 17.0. The van der Waals surface area contributed by atoms with E-state index in [0.717, 1.165) is 5.56 Å². The standard InChI is InChI=1S/C15H17BrN2O4S/c1-18(23(19,20)15-8-12(16)6-7-17-15)10-11-4-5-13(21-2)9-14(11)22-3/h4-9H,10H2,1-3H3. The summed E-state index contributed by atoms with van der Waals surface area (Å²) in [5.41, 5.74) is 0.731. The fourth-order valence-electron chi connectivity index (χ4n) is 1.99. The first-order valence-corrected chi connectivity index (χ1v) is 8.90. The van der Waals surface area contributed by atoms with Crippen LogP contribution < -0.4 is 9.47 Å². The highest BCUT2D eigenvalue weighted by molar-refractivity contribution is 9.10. The number of methoxy groups -OCH3 is 2. The smallest absolute Gasteiger partial charge is 0.260 e. The average Bonchev–Trinajstić information content (AvgIpc) is 2.55. The first-order valence-electron chi connectivity index (χ1n) is 6.67. The molecule has 0 fully saturated rings. The number of hydrogen-bond acceptors (Lipinski definition) is 5. The maximum absolute atomic E-state index is 12.6. The minimum absolute atomic E-state index is 0.0122. The van der Waals surface area contributed by atoms with Gasteiger partial charge in [-0.25, -0.2) is 13.4 Å². The van der Waals surface area contributed by atoms with E-state index < -0.39 is 10.0 Å². The van der Waals surface area contributed by atoms with Gasteiger partial charge >= 0.3 is 0 Å². The van der Waals surface area contributed by atoms with Crippen LogP contribution in [0.4, 0.5) is 0 Å². The van der Waals surface area contributed by atoms with Crippen LogP contribution in [0.2, 0.25) is 0 Å². The van der Waals surface area contributed by atoms with Gasteiger partial charge in [0, 0.05) is 35.9 Å². The van der Waals surface area contributed by atoms with Crippen LogP contribution in [0.3, 0.4) is 0 Å². The molecule has 2 rings (SSSR count). The van der Waals surface area contributed by atoms with E-state index >= 15 is 0 Å². The Morgan fingerprint density at radius 1 is 1.17 bits per heavy atom. The van der Waals surface area contributed by atoms with Gasteiger partial charge in [-0.2, -0.15) is 4.31 Å². The normalized spacial score (nSPS) is 11.5. The number of pyridine rings is 1. The molecule has 6 nitrogen and oxygen atoms in total. The number of aromatic nitrogens is 1. The maximum Gasteiger partial charge on any atom is 0.260 e. The van der Waals surface area contributed by atoms with Gasteiger partial charge in [0.25, 0.3) is 10.0 Å². The number of benzene rings is 1. The molecule has 0 saturated heterocycles. The van der Waals surface area contributed by atoms with Gasteiger partial charge in [-0.1, -0.05) is 22.0 Å². The van der Waals surface area contributed by atoms with Crippen LogP contribution in [-0.2, 0) is 16.6 Å². The summed E-state index contributed by atoms with van der Waals surface area (Å²) < 4.78 is 37.5. The summed E-state index contributed by atoms with van der Waals surface area (Å²) in [7, 11) is 0.897. The molecule has 0 radical (unpaired) electrons. The largest absolute Gasteiger partial charge is 0.497 e. The molecule has 0 N–H and O–H groups in total. The van der Waals surface area contributed by atoms with Crippen molar-refractivity contribution in [3.63, 3.8) is 0 Å². The van der Waals surface area contributed by atoms with Crippen molar-refractivity contribution in [3.8, 4) is 11.5 Å². The van der Waals surface area contributed by atoms with Gasteiger partial charge in [0.05, 0.1) is 14.2 Å². The van der Waals surface area contributed by atoms with E-state index in [1.807, 2.05) is 0 Å². The molecule has 2 aromatic rings. The summed E-state index contributed by atoms with van der Waals surface area (Å²) >= 11 is 3.25. The zero-order valence-corrected chi connectivity index (χ0v) is 15.4. The van der Waals surface area contributed by atoms with Gasteiger partial charge in [-0.15, -0.1) is 0 Å². The van der Waals surface area contributed by atoms with Crippen molar-refractivity contribution < 1.29 is 17.9 Å². The molecule has 1 aromatic heterocycles. The summed E-state index contributed by atoms with van der Waals surface area (Å²) in [4.78, 5) is 3.93. The predicted octanol–water partition coefficient (Wildman–Crippen LogP) is 2.68. The highest BCUT2D eigenvalue weighted by Gasteiger charge is 2.23. The summed E-state index contributed by atoms with van der Waals surface area (Å²) in [6, 6.07) is 8.39. The average molecular weight is 401 g/mol. The Balaban J connectivity index is 2.29. The third-order valence-corrected chi connectivity index (χ3v) is 5.45. The van der Waals surface area contributed by atoms with Crippen molar-refractivity contribution >= 4 is 26.0 Å². The second kappa shape index (κ2) is 7.29. The molecule has 0 aliphatic carbocycles. The molecule has 124 valence electrons. The Bertz CT molecular complexity index is 796. The van der Waals surface area contributed by atoms with Crippen molar-refractivity contribution in [1.82, 2.24) is 9.29 Å². The van der Waals surface area contributed by atoms with Crippen molar-refractivity contribution in [2.75, 3.05) is 21.3 Å². The molecule has 0 aliphatic heterocycles. The van der Waals surface area contributed by atoms with Gasteiger partial charge in [0.1, 0.15) is 11.5 Å². The van der Waals surface area contributed by atoms with Crippen LogP contribution in [0.25, 0.3) is 0 Å². The monoisotopic (exact) mass is 400 g/mol. The fourth-order valence-corrected chi connectivity index (χ4v) is 3.58. The molecule has 0 aliphatic rings. The predicted molar refractivity (Wildman–Crippen MR) is 90.1 cm³/mol. The number of ether oxygens (including phenoxy) is 2. The molecule has 0 spiro atoms. The molecule has 0 bridgehead atoms. The lowest BCUT2D eigenvalue weighted by Crippen LogP contribution is -2.27. The number of nitrogens with zero attached hydrogens (tertiary/aromatic N) is 2. The Hall–Kier alpha value is -1.64. The van der Waals surface area contributed by atoms with Gasteiger partial charge in [-0.05, 0) is 18.2 Å². The molecule has 1 heterocycles. The van der Waals surface area contributed by atoms with E-state index in [1.165, 1.54) is 30.7 Å². The van der Waals surface area contributed by atoms with Crippen molar-refractivity contribution in [2.45, 2.75) is 11.6 Å². The van der Waals surface area contributed by atoms with E-state index in [4.69, 9.17) is 9.47 Å². The third-order valence-electron chi connectivity index (χ3n) is 3.26. The van der Waals surface area contributed by atoms with Crippen molar-refractivity contribution in [1.29, 1.82) is 0 Å².